The van der Waals surface area contributed by atoms with Gasteiger partial charge in [0, 0.05) is 6.42 Å². The predicted octanol–water partition coefficient (Wildman–Crippen LogP) is 1.28. The van der Waals surface area contributed by atoms with Crippen LogP contribution in [0.2, 0.25) is 0 Å². The zero-order valence-electron chi connectivity index (χ0n) is 6.53. The first-order chi connectivity index (χ1) is 5.34. The van der Waals surface area contributed by atoms with Crippen LogP contribution in [0.5, 0.6) is 0 Å². The molecule has 1 aromatic rings. The van der Waals surface area contributed by atoms with Crippen LogP contribution in [0, 0.1) is 0 Å². The minimum Gasteiger partial charge on any atom is -0.626 e. The van der Waals surface area contributed by atoms with Gasteiger partial charge in [-0.25, -0.2) is 0 Å². The van der Waals surface area contributed by atoms with Gasteiger partial charge in [0.1, 0.15) is 5.30 Å². The van der Waals surface area contributed by atoms with Crippen LogP contribution in [0.3, 0.4) is 0 Å². The van der Waals surface area contributed by atoms with E-state index in [1.54, 1.807) is 0 Å². The Balaban J connectivity index is 2.85. The van der Waals surface area contributed by atoms with E-state index in [-0.39, 0.29) is 0 Å². The zero-order chi connectivity index (χ0) is 8.10. The van der Waals surface area contributed by atoms with Crippen LogP contribution >= 0.6 is 7.77 Å². The average Bonchev–Trinajstić information content (AvgIpc) is 2.07. The Morgan fingerprint density at radius 2 is 2.00 bits per heavy atom. The molecule has 0 N–H and O–H groups in total. The quantitative estimate of drug-likeness (QED) is 0.607. The normalized spacial score (nSPS) is 11.6. The van der Waals surface area contributed by atoms with Crippen molar-refractivity contribution in [1.29, 1.82) is 0 Å². The first kappa shape index (κ1) is 8.45. The van der Waals surface area contributed by atoms with Gasteiger partial charge in [-0.1, -0.05) is 25.1 Å². The summed E-state index contributed by atoms with van der Waals surface area (Å²) in [5, 5.41) is 0.921. The highest BCUT2D eigenvalue weighted by atomic mass is 31.1. The number of hydrogen-bond donors (Lipinski definition) is 0. The lowest BCUT2D eigenvalue weighted by atomic mass is 10.4. The van der Waals surface area contributed by atoms with Crippen molar-refractivity contribution in [1.82, 2.24) is 0 Å². The highest BCUT2D eigenvalue weighted by molar-refractivity contribution is 7.58. The van der Waals surface area contributed by atoms with Crippen molar-refractivity contribution in [3.8, 4) is 0 Å². The van der Waals surface area contributed by atoms with Crippen LogP contribution in [0.4, 0.5) is 0 Å². The Kier molecular flexibility index (Phi) is 3.28. The molecule has 1 aromatic carbocycles. The molecule has 1 atom stereocenters. The second-order valence-corrected chi connectivity index (χ2v) is 3.79. The molecular formula is C9H11OP. The molecule has 2 heteroatoms. The van der Waals surface area contributed by atoms with Crippen molar-refractivity contribution in [3.05, 3.63) is 30.3 Å². The summed E-state index contributed by atoms with van der Waals surface area (Å²) < 4.78 is 0. The molecule has 11 heavy (non-hydrogen) atoms. The molecule has 0 spiro atoms. The molecule has 0 saturated carbocycles. The highest BCUT2D eigenvalue weighted by Gasteiger charge is 1.97. The van der Waals surface area contributed by atoms with Crippen LogP contribution < -0.4 is 10.2 Å². The molecule has 0 heterocycles. The van der Waals surface area contributed by atoms with E-state index in [1.165, 1.54) is 0 Å². The van der Waals surface area contributed by atoms with E-state index in [9.17, 15) is 4.89 Å². The van der Waals surface area contributed by atoms with Gasteiger partial charge in [-0.15, -0.1) is 0 Å². The van der Waals surface area contributed by atoms with Gasteiger partial charge >= 0.3 is 0 Å². The van der Waals surface area contributed by atoms with Crippen LogP contribution in [-0.2, 0) is 0 Å². The Bertz CT molecular complexity index is 241. The van der Waals surface area contributed by atoms with Gasteiger partial charge in [-0.05, 0) is 12.1 Å². The minimum atomic E-state index is -1.25. The Labute approximate surface area is 68.2 Å². The fourth-order valence-corrected chi connectivity index (χ4v) is 1.85. The molecule has 0 aromatic heterocycles. The third-order valence-corrected chi connectivity index (χ3v) is 2.86. The van der Waals surface area contributed by atoms with Crippen LogP contribution in [0.15, 0.2) is 30.3 Å². The minimum absolute atomic E-state index is 0.865. The molecule has 1 nitrogen and oxygen atoms in total. The largest absolute Gasteiger partial charge is 0.626 e. The lowest BCUT2D eigenvalue weighted by molar-refractivity contribution is -0.149. The fourth-order valence-electron chi connectivity index (χ4n) is 0.846. The van der Waals surface area contributed by atoms with Gasteiger partial charge in [-0.3, -0.25) is 0 Å². The third-order valence-electron chi connectivity index (χ3n) is 1.36. The standard InChI is InChI=1S/C9H11OP/c1-2-8-11(10)9-6-4-3-5-7-9/h3-8H,2H2,1H3. The number of hydrogen-bond acceptors (Lipinski definition) is 1. The molecule has 0 radical (unpaired) electrons. The molecule has 0 amide bonds. The maximum atomic E-state index is 11.3. The summed E-state index contributed by atoms with van der Waals surface area (Å²) in [7, 11) is -1.25. The molecule has 0 aliphatic heterocycles. The molecule has 0 aliphatic rings. The summed E-state index contributed by atoms with van der Waals surface area (Å²) >= 11 is 0. The Morgan fingerprint density at radius 1 is 1.36 bits per heavy atom. The summed E-state index contributed by atoms with van der Waals surface area (Å²) in [4.78, 5) is 11.3. The van der Waals surface area contributed by atoms with E-state index >= 15 is 0 Å². The van der Waals surface area contributed by atoms with Crippen molar-refractivity contribution in [2.75, 3.05) is 0 Å². The fraction of sp³-hybridized carbons (Fsp3) is 0.222. The van der Waals surface area contributed by atoms with Crippen LogP contribution in [0.1, 0.15) is 13.3 Å². The van der Waals surface area contributed by atoms with Gasteiger partial charge in [0.2, 0.25) is 0 Å². The van der Waals surface area contributed by atoms with Gasteiger partial charge in [0.15, 0.2) is 0 Å². The van der Waals surface area contributed by atoms with Crippen LogP contribution in [0.25, 0.3) is 0 Å². The van der Waals surface area contributed by atoms with Gasteiger partial charge in [0.25, 0.3) is 0 Å². The predicted molar refractivity (Wildman–Crippen MR) is 49.4 cm³/mol. The van der Waals surface area contributed by atoms with Gasteiger partial charge in [-0.2, -0.15) is 0 Å². The molecular weight excluding hydrogens is 155 g/mol. The van der Waals surface area contributed by atoms with Gasteiger partial charge in [0.05, 0.1) is 13.6 Å². The van der Waals surface area contributed by atoms with E-state index in [2.05, 4.69) is 0 Å². The van der Waals surface area contributed by atoms with Crippen molar-refractivity contribution in [2.45, 2.75) is 13.3 Å². The average molecular weight is 166 g/mol. The molecule has 1 unspecified atom stereocenters. The van der Waals surface area contributed by atoms with Crippen LogP contribution in [-0.4, -0.2) is 5.80 Å². The summed E-state index contributed by atoms with van der Waals surface area (Å²) in [5.41, 5.74) is 0. The molecule has 0 saturated heterocycles. The zero-order valence-corrected chi connectivity index (χ0v) is 7.42. The molecule has 0 bridgehead atoms. The van der Waals surface area contributed by atoms with Crippen molar-refractivity contribution < 1.29 is 4.89 Å². The summed E-state index contributed by atoms with van der Waals surface area (Å²) in [6.45, 7) is 2.00. The number of rotatable bonds is 2. The summed E-state index contributed by atoms with van der Waals surface area (Å²) in [6.07, 6.45) is 0.865. The third kappa shape index (κ3) is 2.45. The Morgan fingerprint density at radius 3 is 2.55 bits per heavy atom. The molecule has 1 rings (SSSR count). The molecule has 58 valence electrons. The van der Waals surface area contributed by atoms with E-state index in [4.69, 9.17) is 0 Å². The monoisotopic (exact) mass is 166 g/mol. The van der Waals surface area contributed by atoms with Crippen molar-refractivity contribution in [3.63, 3.8) is 0 Å². The van der Waals surface area contributed by atoms with Crippen molar-refractivity contribution >= 4 is 18.9 Å². The second kappa shape index (κ2) is 4.27. The van der Waals surface area contributed by atoms with E-state index < -0.39 is 7.77 Å². The lowest BCUT2D eigenvalue weighted by Crippen LogP contribution is -2.05. The SMILES string of the molecule is CCC=[P+]([O-])c1ccccc1. The smallest absolute Gasteiger partial charge is 0.144 e. The topological polar surface area (TPSA) is 23.1 Å². The van der Waals surface area contributed by atoms with Crippen molar-refractivity contribution in [2.24, 2.45) is 0 Å². The Hall–Kier alpha value is -0.650. The van der Waals surface area contributed by atoms with E-state index in [1.807, 2.05) is 43.1 Å². The maximum Gasteiger partial charge on any atom is 0.144 e. The van der Waals surface area contributed by atoms with Gasteiger partial charge < -0.3 is 4.89 Å². The highest BCUT2D eigenvalue weighted by Crippen LogP contribution is 2.08. The summed E-state index contributed by atoms with van der Waals surface area (Å²) in [6, 6.07) is 9.53. The first-order valence-corrected chi connectivity index (χ1v) is 5.02. The molecule has 0 aliphatic carbocycles. The van der Waals surface area contributed by atoms with E-state index in [0.29, 0.717) is 0 Å². The second-order valence-electron chi connectivity index (χ2n) is 2.25. The maximum absolute atomic E-state index is 11.3. The summed E-state index contributed by atoms with van der Waals surface area (Å²) in [5.74, 6) is 1.84. The first-order valence-electron chi connectivity index (χ1n) is 3.69. The van der Waals surface area contributed by atoms with E-state index in [0.717, 1.165) is 11.7 Å². The lowest BCUT2D eigenvalue weighted by Gasteiger charge is -1.94. The number of benzene rings is 1. The molecule has 0 fully saturated rings.